The first-order chi connectivity index (χ1) is 6.79. The Balaban J connectivity index is 2.39. The summed E-state index contributed by atoms with van der Waals surface area (Å²) < 4.78 is 0. The van der Waals surface area contributed by atoms with Crippen LogP contribution in [0.3, 0.4) is 0 Å². The van der Waals surface area contributed by atoms with Gasteiger partial charge in [-0.3, -0.25) is 4.79 Å². The molecule has 1 aliphatic rings. The second-order valence-corrected chi connectivity index (χ2v) is 3.73. The van der Waals surface area contributed by atoms with Crippen molar-refractivity contribution in [2.75, 3.05) is 19.6 Å². The summed E-state index contributed by atoms with van der Waals surface area (Å²) in [5, 5.41) is 3.20. The van der Waals surface area contributed by atoms with E-state index in [9.17, 15) is 4.79 Å². The number of nitrogens with one attached hydrogen (secondary N) is 1. The molecule has 0 aromatic carbocycles. The molecule has 3 nitrogen and oxygen atoms in total. The van der Waals surface area contributed by atoms with E-state index in [0.29, 0.717) is 12.5 Å². The van der Waals surface area contributed by atoms with Crippen molar-refractivity contribution in [2.24, 2.45) is 0 Å². The zero-order valence-electron chi connectivity index (χ0n) is 8.96. The van der Waals surface area contributed by atoms with Gasteiger partial charge in [-0.05, 0) is 12.8 Å². The van der Waals surface area contributed by atoms with E-state index in [4.69, 9.17) is 0 Å². The molecule has 14 heavy (non-hydrogen) atoms. The highest BCUT2D eigenvalue weighted by Crippen LogP contribution is 2.09. The Labute approximate surface area is 86.2 Å². The molecule has 1 saturated heterocycles. The van der Waals surface area contributed by atoms with Gasteiger partial charge in [0.2, 0.25) is 5.91 Å². The molecule has 0 bridgehead atoms. The number of nitrogens with zero attached hydrogens (tertiary/aromatic N) is 1. The molecule has 0 aromatic heterocycles. The fraction of sp³-hybridized carbons (Fsp3) is 0.727. The van der Waals surface area contributed by atoms with Crippen LogP contribution in [0, 0.1) is 0 Å². The average Bonchev–Trinajstić information content (AvgIpc) is 2.10. The molecule has 0 atom stereocenters. The Morgan fingerprint density at radius 3 is 2.79 bits per heavy atom. The molecule has 0 radical (unpaired) electrons. The van der Waals surface area contributed by atoms with Gasteiger partial charge in [0, 0.05) is 26.1 Å². The van der Waals surface area contributed by atoms with E-state index in [-0.39, 0.29) is 5.91 Å². The largest absolute Gasteiger partial charge is 0.337 e. The zero-order valence-corrected chi connectivity index (χ0v) is 8.96. The molecule has 1 N–H and O–H groups in total. The zero-order chi connectivity index (χ0) is 10.4. The maximum atomic E-state index is 11.8. The quantitative estimate of drug-likeness (QED) is 0.647. The normalized spacial score (nSPS) is 16.1. The topological polar surface area (TPSA) is 32.3 Å². The van der Waals surface area contributed by atoms with Crippen LogP contribution in [0.5, 0.6) is 0 Å². The SMILES string of the molecule is C=CCCC(=O)N(CCC)C1CNC1. The first kappa shape index (κ1) is 11.2. The molecule has 1 fully saturated rings. The van der Waals surface area contributed by atoms with Crippen molar-refractivity contribution in [1.29, 1.82) is 0 Å². The number of carbonyl (C=O) groups excluding carboxylic acids is 1. The van der Waals surface area contributed by atoms with Crippen LogP contribution < -0.4 is 5.32 Å². The second kappa shape index (κ2) is 5.81. The summed E-state index contributed by atoms with van der Waals surface area (Å²) in [5.41, 5.74) is 0. The summed E-state index contributed by atoms with van der Waals surface area (Å²) in [4.78, 5) is 13.8. The van der Waals surface area contributed by atoms with Crippen molar-refractivity contribution < 1.29 is 4.79 Å². The molecular weight excluding hydrogens is 176 g/mol. The predicted octanol–water partition coefficient (Wildman–Crippen LogP) is 1.16. The minimum Gasteiger partial charge on any atom is -0.337 e. The van der Waals surface area contributed by atoms with Crippen LogP contribution in [0.25, 0.3) is 0 Å². The van der Waals surface area contributed by atoms with Gasteiger partial charge in [-0.2, -0.15) is 0 Å². The third kappa shape index (κ3) is 2.84. The van der Waals surface area contributed by atoms with Gasteiger partial charge >= 0.3 is 0 Å². The van der Waals surface area contributed by atoms with Gasteiger partial charge in [0.1, 0.15) is 0 Å². The van der Waals surface area contributed by atoms with Crippen molar-refractivity contribution in [1.82, 2.24) is 10.2 Å². The van der Waals surface area contributed by atoms with Gasteiger partial charge in [0.05, 0.1) is 6.04 Å². The second-order valence-electron chi connectivity index (χ2n) is 3.73. The fourth-order valence-corrected chi connectivity index (χ4v) is 1.61. The van der Waals surface area contributed by atoms with Crippen LogP contribution in [0.2, 0.25) is 0 Å². The summed E-state index contributed by atoms with van der Waals surface area (Å²) in [6.07, 6.45) is 4.25. The smallest absolute Gasteiger partial charge is 0.223 e. The first-order valence-corrected chi connectivity index (χ1v) is 5.40. The van der Waals surface area contributed by atoms with Crippen molar-refractivity contribution >= 4 is 5.91 Å². The Morgan fingerprint density at radius 1 is 1.64 bits per heavy atom. The minimum absolute atomic E-state index is 0.276. The molecule has 1 amide bonds. The molecule has 0 unspecified atom stereocenters. The van der Waals surface area contributed by atoms with Crippen LogP contribution in [0.1, 0.15) is 26.2 Å². The number of allylic oxidation sites excluding steroid dienone is 1. The third-order valence-corrected chi connectivity index (χ3v) is 2.55. The van der Waals surface area contributed by atoms with Gasteiger partial charge in [-0.15, -0.1) is 6.58 Å². The number of hydrogen-bond donors (Lipinski definition) is 1. The molecule has 0 saturated carbocycles. The van der Waals surface area contributed by atoms with Crippen molar-refractivity contribution in [2.45, 2.75) is 32.2 Å². The lowest BCUT2D eigenvalue weighted by atomic mass is 10.1. The van der Waals surface area contributed by atoms with Crippen LogP contribution in [-0.2, 0) is 4.79 Å². The highest BCUT2D eigenvalue weighted by atomic mass is 16.2. The Kier molecular flexibility index (Phi) is 4.66. The summed E-state index contributed by atoms with van der Waals surface area (Å²) in [6.45, 7) is 8.55. The monoisotopic (exact) mass is 196 g/mol. The maximum absolute atomic E-state index is 11.8. The minimum atomic E-state index is 0.276. The molecule has 1 heterocycles. The maximum Gasteiger partial charge on any atom is 0.223 e. The first-order valence-electron chi connectivity index (χ1n) is 5.40. The highest BCUT2D eigenvalue weighted by molar-refractivity contribution is 5.76. The summed E-state index contributed by atoms with van der Waals surface area (Å²) >= 11 is 0. The van der Waals surface area contributed by atoms with E-state index in [0.717, 1.165) is 32.5 Å². The number of hydrogen-bond acceptors (Lipinski definition) is 2. The predicted molar refractivity (Wildman–Crippen MR) is 58.1 cm³/mol. The molecule has 0 spiro atoms. The number of carbonyl (C=O) groups is 1. The lowest BCUT2D eigenvalue weighted by molar-refractivity contribution is -0.134. The van der Waals surface area contributed by atoms with Crippen LogP contribution in [0.15, 0.2) is 12.7 Å². The Morgan fingerprint density at radius 2 is 2.36 bits per heavy atom. The van der Waals surface area contributed by atoms with Gasteiger partial charge in [0.15, 0.2) is 0 Å². The van der Waals surface area contributed by atoms with Crippen molar-refractivity contribution in [3.8, 4) is 0 Å². The van der Waals surface area contributed by atoms with E-state index in [1.807, 2.05) is 4.90 Å². The van der Waals surface area contributed by atoms with E-state index in [2.05, 4.69) is 18.8 Å². The number of rotatable bonds is 6. The van der Waals surface area contributed by atoms with Gasteiger partial charge in [-0.25, -0.2) is 0 Å². The van der Waals surface area contributed by atoms with E-state index >= 15 is 0 Å². The average molecular weight is 196 g/mol. The van der Waals surface area contributed by atoms with E-state index in [1.54, 1.807) is 6.08 Å². The lowest BCUT2D eigenvalue weighted by Crippen LogP contribution is -2.59. The van der Waals surface area contributed by atoms with Crippen molar-refractivity contribution in [3.63, 3.8) is 0 Å². The summed E-state index contributed by atoms with van der Waals surface area (Å²) in [7, 11) is 0. The molecule has 0 aromatic rings. The van der Waals surface area contributed by atoms with E-state index < -0.39 is 0 Å². The molecule has 0 aliphatic carbocycles. The molecule has 1 aliphatic heterocycles. The Hall–Kier alpha value is -0.830. The molecule has 1 rings (SSSR count). The summed E-state index contributed by atoms with van der Waals surface area (Å²) in [6, 6.07) is 0.437. The lowest BCUT2D eigenvalue weighted by Gasteiger charge is -2.38. The standard InChI is InChI=1S/C11H20N2O/c1-3-5-6-11(14)13(7-4-2)10-8-12-9-10/h3,10,12H,1,4-9H2,2H3. The van der Waals surface area contributed by atoms with Gasteiger partial charge in [-0.1, -0.05) is 13.0 Å². The van der Waals surface area contributed by atoms with Crippen LogP contribution in [-0.4, -0.2) is 36.5 Å². The molecule has 3 heteroatoms. The third-order valence-electron chi connectivity index (χ3n) is 2.55. The van der Waals surface area contributed by atoms with Gasteiger partial charge < -0.3 is 10.2 Å². The fourth-order valence-electron chi connectivity index (χ4n) is 1.61. The number of amides is 1. The van der Waals surface area contributed by atoms with E-state index in [1.165, 1.54) is 0 Å². The summed E-state index contributed by atoms with van der Waals surface area (Å²) in [5.74, 6) is 0.276. The molecular formula is C11H20N2O. The van der Waals surface area contributed by atoms with Crippen molar-refractivity contribution in [3.05, 3.63) is 12.7 Å². The van der Waals surface area contributed by atoms with Crippen LogP contribution >= 0.6 is 0 Å². The Bertz CT molecular complexity index is 199. The van der Waals surface area contributed by atoms with Gasteiger partial charge in [0.25, 0.3) is 0 Å². The van der Waals surface area contributed by atoms with Crippen LogP contribution in [0.4, 0.5) is 0 Å². The highest BCUT2D eigenvalue weighted by Gasteiger charge is 2.26. The molecule has 80 valence electrons.